The monoisotopic (exact) mass is 494 g/mol. The zero-order valence-corrected chi connectivity index (χ0v) is 20.9. The molecule has 0 saturated carbocycles. The Morgan fingerprint density at radius 2 is 1.92 bits per heavy atom. The van der Waals surface area contributed by atoms with Crippen LogP contribution in [-0.2, 0) is 25.5 Å². The van der Waals surface area contributed by atoms with Crippen LogP contribution < -0.4 is 16.4 Å². The predicted octanol–water partition coefficient (Wildman–Crippen LogP) is 2.22. The maximum absolute atomic E-state index is 13.0. The SMILES string of the molecule is C=C/C1=C\C(=C)CNC(=O)[C@H](CCc2ccccc2)NC(=O)[C@@H](N)CC(=O)N2CCCC(CCO1)C2. The van der Waals surface area contributed by atoms with Crippen LogP contribution in [0.25, 0.3) is 0 Å². The summed E-state index contributed by atoms with van der Waals surface area (Å²) in [5, 5.41) is 5.61. The first-order valence-electron chi connectivity index (χ1n) is 12.7. The Hall–Kier alpha value is -3.39. The number of nitrogens with one attached hydrogen (secondary N) is 2. The summed E-state index contributed by atoms with van der Waals surface area (Å²) in [5.74, 6) is -0.0834. The molecule has 194 valence electrons. The zero-order valence-electron chi connectivity index (χ0n) is 20.9. The van der Waals surface area contributed by atoms with Gasteiger partial charge in [0, 0.05) is 19.6 Å². The van der Waals surface area contributed by atoms with Crippen LogP contribution in [0.4, 0.5) is 0 Å². The number of rotatable bonds is 4. The third-order valence-corrected chi connectivity index (χ3v) is 6.63. The van der Waals surface area contributed by atoms with Crippen molar-refractivity contribution in [3.05, 3.63) is 72.5 Å². The van der Waals surface area contributed by atoms with Gasteiger partial charge in [0.05, 0.1) is 19.1 Å². The average molecular weight is 495 g/mol. The van der Waals surface area contributed by atoms with Crippen LogP contribution in [0.15, 0.2) is 67.0 Å². The number of carbonyl (C=O) groups is 3. The third-order valence-electron chi connectivity index (χ3n) is 6.63. The smallest absolute Gasteiger partial charge is 0.242 e. The van der Waals surface area contributed by atoms with E-state index < -0.39 is 18.0 Å². The van der Waals surface area contributed by atoms with Crippen LogP contribution in [0, 0.1) is 5.92 Å². The van der Waals surface area contributed by atoms with E-state index in [4.69, 9.17) is 10.5 Å². The number of hydrogen-bond donors (Lipinski definition) is 3. The molecule has 0 aromatic heterocycles. The number of fused-ring (bicyclic) bond motifs is 2. The highest BCUT2D eigenvalue weighted by Gasteiger charge is 2.29. The van der Waals surface area contributed by atoms with Crippen molar-refractivity contribution in [2.24, 2.45) is 11.7 Å². The lowest BCUT2D eigenvalue weighted by molar-refractivity contribution is -0.136. The fourth-order valence-corrected chi connectivity index (χ4v) is 4.52. The molecule has 8 heteroatoms. The molecule has 1 unspecified atom stereocenters. The Morgan fingerprint density at radius 3 is 2.67 bits per heavy atom. The molecule has 1 aromatic rings. The zero-order chi connectivity index (χ0) is 25.9. The maximum atomic E-state index is 13.0. The number of nitrogens with zero attached hydrogens (tertiary/aromatic N) is 1. The standard InChI is InChI=1S/C28H38N4O4/c1-3-23-16-20(2)18-30-28(35)25(12-11-21-8-5-4-6-9-21)31-27(34)24(29)17-26(33)32-14-7-10-22(19-32)13-15-36-23/h3-6,8-9,16,22,24-25H,1-2,7,10-15,17-19,29H2,(H,30,35)(H,31,34)/b23-16+/t22?,24-,25-/m0/s1. The molecule has 4 N–H and O–H groups in total. The molecule has 8 nitrogen and oxygen atoms in total. The molecule has 0 aliphatic carbocycles. The number of benzene rings is 1. The van der Waals surface area contributed by atoms with Crippen LogP contribution in [-0.4, -0.2) is 60.9 Å². The summed E-state index contributed by atoms with van der Waals surface area (Å²) < 4.78 is 5.88. The van der Waals surface area contributed by atoms with Gasteiger partial charge in [-0.15, -0.1) is 0 Å². The van der Waals surface area contributed by atoms with Crippen molar-refractivity contribution in [2.75, 3.05) is 26.2 Å². The summed E-state index contributed by atoms with van der Waals surface area (Å²) in [6.07, 6.45) is 6.98. The van der Waals surface area contributed by atoms with Crippen LogP contribution in [0.3, 0.4) is 0 Å². The second-order valence-corrected chi connectivity index (χ2v) is 9.51. The van der Waals surface area contributed by atoms with Gasteiger partial charge in [-0.25, -0.2) is 0 Å². The number of piperidine rings is 1. The molecule has 3 rings (SSSR count). The molecular formula is C28H38N4O4. The average Bonchev–Trinajstić information content (AvgIpc) is 2.89. The number of aryl methyl sites for hydroxylation is 1. The molecule has 3 amide bonds. The van der Waals surface area contributed by atoms with Gasteiger partial charge in [0.1, 0.15) is 11.8 Å². The highest BCUT2D eigenvalue weighted by atomic mass is 16.5. The lowest BCUT2D eigenvalue weighted by Crippen LogP contribution is -2.53. The lowest BCUT2D eigenvalue weighted by Gasteiger charge is -2.33. The Balaban J connectivity index is 1.76. The van der Waals surface area contributed by atoms with E-state index in [1.807, 2.05) is 30.3 Å². The second-order valence-electron chi connectivity index (χ2n) is 9.51. The summed E-state index contributed by atoms with van der Waals surface area (Å²) in [6.45, 7) is 9.78. The molecule has 3 atom stereocenters. The van der Waals surface area contributed by atoms with Gasteiger partial charge in [0.25, 0.3) is 0 Å². The number of allylic oxidation sites excluding steroid dienone is 1. The number of ether oxygens (including phenoxy) is 1. The van der Waals surface area contributed by atoms with Gasteiger partial charge < -0.3 is 26.0 Å². The molecule has 1 fully saturated rings. The van der Waals surface area contributed by atoms with Crippen molar-refractivity contribution >= 4 is 17.7 Å². The van der Waals surface area contributed by atoms with E-state index in [2.05, 4.69) is 23.8 Å². The quantitative estimate of drug-likeness (QED) is 0.594. The van der Waals surface area contributed by atoms with Crippen molar-refractivity contribution in [1.82, 2.24) is 15.5 Å². The van der Waals surface area contributed by atoms with Gasteiger partial charge in [-0.05, 0) is 61.3 Å². The van der Waals surface area contributed by atoms with Crippen LogP contribution in [0.5, 0.6) is 0 Å². The first-order valence-corrected chi connectivity index (χ1v) is 12.7. The minimum Gasteiger partial charge on any atom is -0.494 e. The summed E-state index contributed by atoms with van der Waals surface area (Å²) in [6, 6.07) is 7.90. The van der Waals surface area contributed by atoms with E-state index in [1.54, 1.807) is 17.1 Å². The molecule has 1 saturated heterocycles. The Kier molecular flexibility index (Phi) is 10.3. The van der Waals surface area contributed by atoms with Crippen molar-refractivity contribution in [1.29, 1.82) is 0 Å². The van der Waals surface area contributed by atoms with E-state index in [0.29, 0.717) is 49.8 Å². The summed E-state index contributed by atoms with van der Waals surface area (Å²) in [4.78, 5) is 40.6. The van der Waals surface area contributed by atoms with E-state index in [-0.39, 0.29) is 24.8 Å². The molecule has 2 bridgehead atoms. The third kappa shape index (κ3) is 8.37. The summed E-state index contributed by atoms with van der Waals surface area (Å²) >= 11 is 0. The molecule has 0 spiro atoms. The van der Waals surface area contributed by atoms with Crippen molar-refractivity contribution in [3.8, 4) is 0 Å². The van der Waals surface area contributed by atoms with Gasteiger partial charge in [0.15, 0.2) is 0 Å². The minimum absolute atomic E-state index is 0.0950. The van der Waals surface area contributed by atoms with E-state index in [0.717, 1.165) is 24.8 Å². The molecule has 36 heavy (non-hydrogen) atoms. The predicted molar refractivity (Wildman–Crippen MR) is 140 cm³/mol. The first-order chi connectivity index (χ1) is 17.4. The molecule has 2 aliphatic heterocycles. The number of nitrogens with two attached hydrogens (primary N) is 1. The fraction of sp³-hybridized carbons (Fsp3) is 0.464. The number of hydrogen-bond acceptors (Lipinski definition) is 5. The molecule has 0 radical (unpaired) electrons. The number of amides is 3. The van der Waals surface area contributed by atoms with Crippen molar-refractivity contribution in [3.63, 3.8) is 0 Å². The highest BCUT2D eigenvalue weighted by Crippen LogP contribution is 2.21. The highest BCUT2D eigenvalue weighted by molar-refractivity contribution is 5.92. The molecule has 2 heterocycles. The fourth-order valence-electron chi connectivity index (χ4n) is 4.52. The van der Waals surface area contributed by atoms with Gasteiger partial charge in [0.2, 0.25) is 17.7 Å². The molecule has 1 aromatic carbocycles. The Morgan fingerprint density at radius 1 is 1.14 bits per heavy atom. The minimum atomic E-state index is -1.03. The van der Waals surface area contributed by atoms with Gasteiger partial charge in [-0.1, -0.05) is 43.5 Å². The van der Waals surface area contributed by atoms with Crippen LogP contribution in [0.2, 0.25) is 0 Å². The summed E-state index contributed by atoms with van der Waals surface area (Å²) in [5.41, 5.74) is 7.82. The Labute approximate surface area is 213 Å². The number of carbonyl (C=O) groups excluding carboxylic acids is 3. The topological polar surface area (TPSA) is 114 Å². The maximum Gasteiger partial charge on any atom is 0.242 e. The second kappa shape index (κ2) is 13.6. The summed E-state index contributed by atoms with van der Waals surface area (Å²) in [7, 11) is 0. The first kappa shape index (κ1) is 27.2. The van der Waals surface area contributed by atoms with Gasteiger partial charge in [-0.2, -0.15) is 0 Å². The van der Waals surface area contributed by atoms with Crippen molar-refractivity contribution < 1.29 is 19.1 Å². The largest absolute Gasteiger partial charge is 0.494 e. The van der Waals surface area contributed by atoms with Gasteiger partial charge in [-0.3, -0.25) is 14.4 Å². The molecular weight excluding hydrogens is 456 g/mol. The van der Waals surface area contributed by atoms with Gasteiger partial charge >= 0.3 is 0 Å². The van der Waals surface area contributed by atoms with E-state index in [9.17, 15) is 14.4 Å². The van der Waals surface area contributed by atoms with Crippen molar-refractivity contribution in [2.45, 2.75) is 50.6 Å². The van der Waals surface area contributed by atoms with E-state index in [1.165, 1.54) is 0 Å². The van der Waals surface area contributed by atoms with Crippen LogP contribution >= 0.6 is 0 Å². The van der Waals surface area contributed by atoms with E-state index >= 15 is 0 Å². The van der Waals surface area contributed by atoms with Crippen LogP contribution in [0.1, 0.15) is 37.7 Å². The molecule has 2 aliphatic rings. The lowest BCUT2D eigenvalue weighted by atomic mass is 9.94. The Bertz CT molecular complexity index is 975. The normalized spacial score (nSPS) is 26.4.